The smallest absolute Gasteiger partial charge is 0.131 e. The summed E-state index contributed by atoms with van der Waals surface area (Å²) >= 11 is 0. The van der Waals surface area contributed by atoms with E-state index in [1.165, 1.54) is 18.9 Å². The molecule has 21 heavy (non-hydrogen) atoms. The number of hydrogen-bond donors (Lipinski definition) is 2. The van der Waals surface area contributed by atoms with Gasteiger partial charge in [0.25, 0.3) is 0 Å². The molecule has 1 aliphatic carbocycles. The first-order valence-electron chi connectivity index (χ1n) is 7.84. The van der Waals surface area contributed by atoms with Gasteiger partial charge in [-0.15, -0.1) is 0 Å². The minimum atomic E-state index is -0.239. The second-order valence-corrected chi connectivity index (χ2v) is 5.97. The third-order valence-electron chi connectivity index (χ3n) is 4.65. The van der Waals surface area contributed by atoms with Crippen molar-refractivity contribution in [1.29, 1.82) is 0 Å². The van der Waals surface area contributed by atoms with Gasteiger partial charge in [-0.2, -0.15) is 0 Å². The molecule has 2 rings (SSSR count). The lowest BCUT2D eigenvalue weighted by atomic mass is 9.79. The minimum Gasteiger partial charge on any atom is -0.496 e. The van der Waals surface area contributed by atoms with Crippen LogP contribution < -0.4 is 10.1 Å². The zero-order chi connectivity index (χ0) is 15.2. The zero-order valence-corrected chi connectivity index (χ0v) is 12.9. The maximum atomic E-state index is 14.0. The number of aliphatic hydroxyl groups excluding tert-OH is 1. The van der Waals surface area contributed by atoms with Crippen LogP contribution >= 0.6 is 0 Å². The number of ether oxygens (including phenoxy) is 1. The molecule has 3 atom stereocenters. The summed E-state index contributed by atoms with van der Waals surface area (Å²) < 4.78 is 19.3. The van der Waals surface area contributed by atoms with E-state index >= 15 is 0 Å². The first-order valence-corrected chi connectivity index (χ1v) is 7.84. The average Bonchev–Trinajstić information content (AvgIpc) is 2.52. The summed E-state index contributed by atoms with van der Waals surface area (Å²) in [5, 5.41) is 12.9. The summed E-state index contributed by atoms with van der Waals surface area (Å²) in [4.78, 5) is 0. The third kappa shape index (κ3) is 3.95. The van der Waals surface area contributed by atoms with Crippen LogP contribution in [0.4, 0.5) is 4.39 Å². The van der Waals surface area contributed by atoms with E-state index in [1.807, 2.05) is 6.92 Å². The highest BCUT2D eigenvalue weighted by molar-refractivity contribution is 5.36. The fraction of sp³-hybridized carbons (Fsp3) is 0.647. The fourth-order valence-corrected chi connectivity index (χ4v) is 3.34. The Hall–Kier alpha value is -1.13. The highest BCUT2D eigenvalue weighted by Gasteiger charge is 2.25. The molecule has 4 heteroatoms. The summed E-state index contributed by atoms with van der Waals surface area (Å²) in [6.45, 7) is 3.02. The molecule has 1 aliphatic rings. The van der Waals surface area contributed by atoms with Crippen LogP contribution in [-0.2, 0) is 0 Å². The Balaban J connectivity index is 2.00. The van der Waals surface area contributed by atoms with E-state index in [2.05, 4.69) is 5.32 Å². The maximum Gasteiger partial charge on any atom is 0.131 e. The van der Waals surface area contributed by atoms with E-state index in [9.17, 15) is 9.50 Å². The molecule has 0 aromatic heterocycles. The standard InChI is InChI=1S/C17H26FNO2/c1-12(17-15(18)8-5-9-16(17)21-2)19-10-13-6-3-4-7-14(13)11-20/h5,8-9,12-14,19-20H,3-4,6-7,10-11H2,1-2H3. The van der Waals surface area contributed by atoms with Gasteiger partial charge in [-0.25, -0.2) is 4.39 Å². The van der Waals surface area contributed by atoms with E-state index < -0.39 is 0 Å². The number of methoxy groups -OCH3 is 1. The van der Waals surface area contributed by atoms with Crippen LogP contribution in [0.5, 0.6) is 5.75 Å². The Kier molecular flexibility index (Phi) is 6.00. The maximum absolute atomic E-state index is 14.0. The van der Waals surface area contributed by atoms with Crippen molar-refractivity contribution in [3.8, 4) is 5.75 Å². The van der Waals surface area contributed by atoms with Crippen molar-refractivity contribution >= 4 is 0 Å². The van der Waals surface area contributed by atoms with E-state index in [0.29, 0.717) is 23.1 Å². The monoisotopic (exact) mass is 295 g/mol. The van der Waals surface area contributed by atoms with Gasteiger partial charge in [-0.1, -0.05) is 18.9 Å². The Morgan fingerprint density at radius 2 is 2.05 bits per heavy atom. The Bertz CT molecular complexity index is 452. The molecule has 3 unspecified atom stereocenters. The summed E-state index contributed by atoms with van der Waals surface area (Å²) in [5.74, 6) is 1.19. The molecule has 0 aliphatic heterocycles. The lowest BCUT2D eigenvalue weighted by Crippen LogP contribution is -2.34. The summed E-state index contributed by atoms with van der Waals surface area (Å²) in [6.07, 6.45) is 4.66. The largest absolute Gasteiger partial charge is 0.496 e. The van der Waals surface area contributed by atoms with E-state index in [4.69, 9.17) is 4.74 Å². The molecule has 0 radical (unpaired) electrons. The van der Waals surface area contributed by atoms with Crippen LogP contribution in [0, 0.1) is 17.7 Å². The number of aliphatic hydroxyl groups is 1. The second kappa shape index (κ2) is 7.76. The molecule has 118 valence electrons. The first kappa shape index (κ1) is 16.2. The lowest BCUT2D eigenvalue weighted by Gasteiger charge is -2.31. The van der Waals surface area contributed by atoms with Gasteiger partial charge in [-0.3, -0.25) is 0 Å². The van der Waals surface area contributed by atoms with Gasteiger partial charge in [0.15, 0.2) is 0 Å². The molecule has 1 saturated carbocycles. The second-order valence-electron chi connectivity index (χ2n) is 5.97. The SMILES string of the molecule is COc1cccc(F)c1C(C)NCC1CCCCC1CO. The van der Waals surface area contributed by atoms with Gasteiger partial charge in [0.2, 0.25) is 0 Å². The number of benzene rings is 1. The van der Waals surface area contributed by atoms with E-state index in [-0.39, 0.29) is 18.5 Å². The molecule has 1 aromatic rings. The lowest BCUT2D eigenvalue weighted by molar-refractivity contribution is 0.131. The van der Waals surface area contributed by atoms with E-state index in [1.54, 1.807) is 19.2 Å². The molecule has 2 N–H and O–H groups in total. The van der Waals surface area contributed by atoms with Gasteiger partial charge in [0, 0.05) is 18.2 Å². The molecule has 0 bridgehead atoms. The van der Waals surface area contributed by atoms with Crippen LogP contribution in [0.1, 0.15) is 44.2 Å². The summed E-state index contributed by atoms with van der Waals surface area (Å²) in [5.41, 5.74) is 0.580. The van der Waals surface area contributed by atoms with Gasteiger partial charge in [-0.05, 0) is 50.3 Å². The Morgan fingerprint density at radius 1 is 1.33 bits per heavy atom. The Morgan fingerprint density at radius 3 is 2.71 bits per heavy atom. The Labute approximate surface area is 126 Å². The quantitative estimate of drug-likeness (QED) is 0.846. The zero-order valence-electron chi connectivity index (χ0n) is 12.9. The molecule has 1 fully saturated rings. The van der Waals surface area contributed by atoms with Gasteiger partial charge in [0.05, 0.1) is 7.11 Å². The van der Waals surface area contributed by atoms with Crippen molar-refractivity contribution in [2.24, 2.45) is 11.8 Å². The topological polar surface area (TPSA) is 41.5 Å². The van der Waals surface area contributed by atoms with Crippen molar-refractivity contribution in [2.45, 2.75) is 38.6 Å². The van der Waals surface area contributed by atoms with Crippen molar-refractivity contribution in [2.75, 3.05) is 20.3 Å². The highest BCUT2D eigenvalue weighted by atomic mass is 19.1. The normalized spacial score (nSPS) is 23.8. The number of halogens is 1. The number of rotatable bonds is 6. The van der Waals surface area contributed by atoms with Crippen LogP contribution in [-0.4, -0.2) is 25.4 Å². The molecule has 0 spiro atoms. The number of hydrogen-bond acceptors (Lipinski definition) is 3. The van der Waals surface area contributed by atoms with Gasteiger partial charge >= 0.3 is 0 Å². The molecule has 1 aromatic carbocycles. The summed E-state index contributed by atoms with van der Waals surface area (Å²) in [6, 6.07) is 4.80. The molecule has 0 saturated heterocycles. The van der Waals surface area contributed by atoms with Crippen molar-refractivity contribution in [3.63, 3.8) is 0 Å². The molecular formula is C17H26FNO2. The van der Waals surface area contributed by atoms with Crippen LogP contribution in [0.2, 0.25) is 0 Å². The molecular weight excluding hydrogens is 269 g/mol. The van der Waals surface area contributed by atoms with Crippen LogP contribution in [0.15, 0.2) is 18.2 Å². The molecule has 0 heterocycles. The van der Waals surface area contributed by atoms with Crippen molar-refractivity contribution < 1.29 is 14.2 Å². The minimum absolute atomic E-state index is 0.109. The van der Waals surface area contributed by atoms with Gasteiger partial charge in [0.1, 0.15) is 11.6 Å². The van der Waals surface area contributed by atoms with Crippen molar-refractivity contribution in [1.82, 2.24) is 5.32 Å². The predicted molar refractivity (Wildman–Crippen MR) is 81.9 cm³/mol. The third-order valence-corrected chi connectivity index (χ3v) is 4.65. The fourth-order valence-electron chi connectivity index (χ4n) is 3.34. The predicted octanol–water partition coefficient (Wildman–Crippen LogP) is 3.28. The number of nitrogens with one attached hydrogen (secondary N) is 1. The van der Waals surface area contributed by atoms with Crippen LogP contribution in [0.25, 0.3) is 0 Å². The average molecular weight is 295 g/mol. The van der Waals surface area contributed by atoms with Crippen molar-refractivity contribution in [3.05, 3.63) is 29.6 Å². The van der Waals surface area contributed by atoms with E-state index in [0.717, 1.165) is 19.4 Å². The molecule has 0 amide bonds. The highest BCUT2D eigenvalue weighted by Crippen LogP contribution is 2.31. The first-order chi connectivity index (χ1) is 10.2. The molecule has 3 nitrogen and oxygen atoms in total. The van der Waals surface area contributed by atoms with Crippen LogP contribution in [0.3, 0.4) is 0 Å². The summed E-state index contributed by atoms with van der Waals surface area (Å²) in [7, 11) is 1.56. The van der Waals surface area contributed by atoms with Gasteiger partial charge < -0.3 is 15.2 Å².